The second-order valence-electron chi connectivity index (χ2n) is 7.93. The van der Waals surface area contributed by atoms with Gasteiger partial charge in [-0.2, -0.15) is 0 Å². The van der Waals surface area contributed by atoms with Crippen LogP contribution in [-0.2, 0) is 14.3 Å². The lowest BCUT2D eigenvalue weighted by Gasteiger charge is -2.36. The van der Waals surface area contributed by atoms with Crippen LogP contribution in [0.15, 0.2) is 30.3 Å². The first-order valence-corrected chi connectivity index (χ1v) is 10.5. The average Bonchev–Trinajstić information content (AvgIpc) is 2.76. The maximum absolute atomic E-state index is 12.8. The number of nitrogens with one attached hydrogen (secondary N) is 2. The van der Waals surface area contributed by atoms with Crippen LogP contribution in [-0.4, -0.2) is 61.5 Å². The molecule has 7 nitrogen and oxygen atoms in total. The molecule has 1 saturated heterocycles. The lowest BCUT2D eigenvalue weighted by Crippen LogP contribution is -2.55. The molecule has 0 radical (unpaired) electrons. The molecule has 0 aromatic heterocycles. The summed E-state index contributed by atoms with van der Waals surface area (Å²) in [6.07, 6.45) is 5.16. The zero-order chi connectivity index (χ0) is 20.6. The van der Waals surface area contributed by atoms with Gasteiger partial charge in [-0.15, -0.1) is 0 Å². The standard InChI is InChI=1S/C22H31N3O4/c1-29-15-20(26)25-13-11-17(12-14-25)22(28)24-19-10-6-5-9-18(19)23-21(27)16-7-3-2-4-8-16/h2-4,7-8,17-19H,5-6,9-15H2,1H3,(H,23,27)(H,24,28)/t18-,19-/m1/s1. The van der Waals surface area contributed by atoms with E-state index < -0.39 is 0 Å². The van der Waals surface area contributed by atoms with E-state index in [1.807, 2.05) is 18.2 Å². The van der Waals surface area contributed by atoms with E-state index in [0.29, 0.717) is 31.5 Å². The molecule has 2 aliphatic rings. The van der Waals surface area contributed by atoms with Gasteiger partial charge < -0.3 is 20.3 Å². The number of piperidine rings is 1. The highest BCUT2D eigenvalue weighted by Gasteiger charge is 2.32. The number of methoxy groups -OCH3 is 1. The van der Waals surface area contributed by atoms with E-state index in [1.54, 1.807) is 17.0 Å². The van der Waals surface area contributed by atoms with Crippen LogP contribution >= 0.6 is 0 Å². The fraction of sp³-hybridized carbons (Fsp3) is 0.591. The van der Waals surface area contributed by atoms with Gasteiger partial charge in [-0.05, 0) is 37.8 Å². The van der Waals surface area contributed by atoms with Crippen molar-refractivity contribution in [3.63, 3.8) is 0 Å². The lowest BCUT2D eigenvalue weighted by molar-refractivity contribution is -0.139. The molecule has 1 saturated carbocycles. The summed E-state index contributed by atoms with van der Waals surface area (Å²) >= 11 is 0. The molecule has 2 N–H and O–H groups in total. The van der Waals surface area contributed by atoms with Crippen LogP contribution in [0.25, 0.3) is 0 Å². The quantitative estimate of drug-likeness (QED) is 0.760. The summed E-state index contributed by atoms with van der Waals surface area (Å²) in [4.78, 5) is 39.0. The van der Waals surface area contributed by atoms with Crippen LogP contribution in [0.5, 0.6) is 0 Å². The van der Waals surface area contributed by atoms with E-state index in [-0.39, 0.29) is 42.3 Å². The zero-order valence-corrected chi connectivity index (χ0v) is 17.1. The Bertz CT molecular complexity index is 701. The van der Waals surface area contributed by atoms with Crippen molar-refractivity contribution in [3.05, 3.63) is 35.9 Å². The highest BCUT2D eigenvalue weighted by molar-refractivity contribution is 5.94. The van der Waals surface area contributed by atoms with Crippen molar-refractivity contribution in [2.45, 2.75) is 50.6 Å². The molecule has 29 heavy (non-hydrogen) atoms. The molecule has 1 aliphatic carbocycles. The Kier molecular flexibility index (Phi) is 7.63. The van der Waals surface area contributed by atoms with Crippen molar-refractivity contribution in [3.8, 4) is 0 Å². The minimum atomic E-state index is -0.0956. The number of carbonyl (C=O) groups is 3. The minimum Gasteiger partial charge on any atom is -0.375 e. The van der Waals surface area contributed by atoms with E-state index >= 15 is 0 Å². The topological polar surface area (TPSA) is 87.7 Å². The van der Waals surface area contributed by atoms with Crippen molar-refractivity contribution < 1.29 is 19.1 Å². The summed E-state index contributed by atoms with van der Waals surface area (Å²) in [6, 6.07) is 9.07. The molecule has 0 unspecified atom stereocenters. The Morgan fingerprint density at radius 1 is 0.966 bits per heavy atom. The van der Waals surface area contributed by atoms with Crippen molar-refractivity contribution >= 4 is 17.7 Å². The van der Waals surface area contributed by atoms with Gasteiger partial charge in [0.2, 0.25) is 11.8 Å². The summed E-state index contributed by atoms with van der Waals surface area (Å²) in [5.41, 5.74) is 0.635. The largest absolute Gasteiger partial charge is 0.375 e. The van der Waals surface area contributed by atoms with E-state index in [0.717, 1.165) is 25.7 Å². The van der Waals surface area contributed by atoms with E-state index in [2.05, 4.69) is 10.6 Å². The number of hydrogen-bond donors (Lipinski definition) is 2. The van der Waals surface area contributed by atoms with Gasteiger partial charge in [0.15, 0.2) is 0 Å². The maximum Gasteiger partial charge on any atom is 0.251 e. The third-order valence-corrected chi connectivity index (χ3v) is 5.93. The fourth-order valence-electron chi connectivity index (χ4n) is 4.22. The van der Waals surface area contributed by atoms with Gasteiger partial charge in [-0.25, -0.2) is 0 Å². The summed E-state index contributed by atoms with van der Waals surface area (Å²) in [6.45, 7) is 1.25. The Balaban J connectivity index is 1.52. The number of nitrogens with zero attached hydrogens (tertiary/aromatic N) is 1. The Morgan fingerprint density at radius 3 is 2.21 bits per heavy atom. The van der Waals surface area contributed by atoms with Gasteiger partial charge in [0.25, 0.3) is 5.91 Å². The number of likely N-dealkylation sites (tertiary alicyclic amines) is 1. The SMILES string of the molecule is COCC(=O)N1CCC(C(=O)N[C@@H]2CCCC[C@H]2NC(=O)c2ccccc2)CC1. The first-order chi connectivity index (χ1) is 14.1. The predicted octanol–water partition coefficient (Wildman–Crippen LogP) is 1.73. The fourth-order valence-corrected chi connectivity index (χ4v) is 4.22. The normalized spacial score (nSPS) is 22.7. The van der Waals surface area contributed by atoms with Crippen molar-refractivity contribution in [1.29, 1.82) is 0 Å². The molecule has 7 heteroatoms. The number of amides is 3. The number of hydrogen-bond acceptors (Lipinski definition) is 4. The highest BCUT2D eigenvalue weighted by Crippen LogP contribution is 2.22. The number of carbonyl (C=O) groups excluding carboxylic acids is 3. The van der Waals surface area contributed by atoms with E-state index in [4.69, 9.17) is 4.74 Å². The third kappa shape index (κ3) is 5.79. The van der Waals surface area contributed by atoms with E-state index in [9.17, 15) is 14.4 Å². The minimum absolute atomic E-state index is 0.0256. The van der Waals surface area contributed by atoms with Crippen molar-refractivity contribution in [2.75, 3.05) is 26.8 Å². The van der Waals surface area contributed by atoms with Crippen molar-refractivity contribution in [1.82, 2.24) is 15.5 Å². The Hall–Kier alpha value is -2.41. The summed E-state index contributed by atoms with van der Waals surface area (Å²) in [5, 5.41) is 6.29. The number of rotatable bonds is 6. The van der Waals surface area contributed by atoms with Crippen molar-refractivity contribution in [2.24, 2.45) is 5.92 Å². The van der Waals surface area contributed by atoms with Crippen LogP contribution < -0.4 is 10.6 Å². The summed E-state index contributed by atoms with van der Waals surface area (Å²) in [5.74, 6) is -0.173. The first kappa shape index (κ1) is 21.3. The molecule has 0 spiro atoms. The molecule has 3 amide bonds. The molecule has 3 rings (SSSR count). The number of benzene rings is 1. The maximum atomic E-state index is 12.8. The van der Waals surface area contributed by atoms with Gasteiger partial charge in [0.1, 0.15) is 6.61 Å². The molecule has 1 aliphatic heterocycles. The monoisotopic (exact) mass is 401 g/mol. The predicted molar refractivity (Wildman–Crippen MR) is 109 cm³/mol. The third-order valence-electron chi connectivity index (χ3n) is 5.93. The molecule has 2 atom stereocenters. The van der Waals surface area contributed by atoms with Gasteiger partial charge in [0, 0.05) is 43.8 Å². The molecule has 1 heterocycles. The molecular weight excluding hydrogens is 370 g/mol. The van der Waals surface area contributed by atoms with Gasteiger partial charge in [0.05, 0.1) is 0 Å². The summed E-state index contributed by atoms with van der Waals surface area (Å²) < 4.78 is 4.90. The van der Waals surface area contributed by atoms with Crippen LogP contribution in [0.4, 0.5) is 0 Å². The first-order valence-electron chi connectivity index (χ1n) is 10.5. The van der Waals surface area contributed by atoms with Crippen LogP contribution in [0.1, 0.15) is 48.9 Å². The Morgan fingerprint density at radius 2 is 1.59 bits per heavy atom. The van der Waals surface area contributed by atoms with Gasteiger partial charge >= 0.3 is 0 Å². The number of ether oxygens (including phenoxy) is 1. The smallest absolute Gasteiger partial charge is 0.251 e. The molecule has 1 aromatic carbocycles. The van der Waals surface area contributed by atoms with Crippen LogP contribution in [0.2, 0.25) is 0 Å². The van der Waals surface area contributed by atoms with Crippen LogP contribution in [0.3, 0.4) is 0 Å². The zero-order valence-electron chi connectivity index (χ0n) is 17.1. The van der Waals surface area contributed by atoms with Crippen LogP contribution in [0, 0.1) is 5.92 Å². The summed E-state index contributed by atoms with van der Waals surface area (Å²) in [7, 11) is 1.51. The average molecular weight is 402 g/mol. The molecule has 1 aromatic rings. The molecule has 158 valence electrons. The Labute approximate surface area is 172 Å². The van der Waals surface area contributed by atoms with Gasteiger partial charge in [-0.3, -0.25) is 14.4 Å². The molecular formula is C22H31N3O4. The van der Waals surface area contributed by atoms with E-state index in [1.165, 1.54) is 7.11 Å². The second-order valence-corrected chi connectivity index (χ2v) is 7.93. The molecule has 2 fully saturated rings. The highest BCUT2D eigenvalue weighted by atomic mass is 16.5. The lowest BCUT2D eigenvalue weighted by atomic mass is 9.88. The van der Waals surface area contributed by atoms with Gasteiger partial charge in [-0.1, -0.05) is 31.0 Å². The molecule has 0 bridgehead atoms. The second kappa shape index (κ2) is 10.4.